The van der Waals surface area contributed by atoms with E-state index in [9.17, 15) is 4.79 Å². The Morgan fingerprint density at radius 1 is 1.50 bits per heavy atom. The number of furan rings is 1. The molecule has 96 valence electrons. The number of hydrogen-bond acceptors (Lipinski definition) is 3. The fraction of sp³-hybridized carbons (Fsp3) is 0.385. The second-order valence-electron chi connectivity index (χ2n) is 4.47. The third-order valence-corrected chi connectivity index (χ3v) is 2.86. The first-order valence-corrected chi connectivity index (χ1v) is 5.84. The molecule has 5 heteroatoms. The molecule has 1 amide bonds. The molecule has 5 nitrogen and oxygen atoms in total. The predicted octanol–water partition coefficient (Wildman–Crippen LogP) is 2.12. The average Bonchev–Trinajstić information content (AvgIpc) is 2.84. The molecular weight excluding hydrogens is 230 g/mol. The molecule has 18 heavy (non-hydrogen) atoms. The van der Waals surface area contributed by atoms with Crippen LogP contribution in [-0.4, -0.2) is 15.7 Å². The summed E-state index contributed by atoms with van der Waals surface area (Å²) < 4.78 is 7.06. The molecule has 0 aliphatic carbocycles. The predicted molar refractivity (Wildman–Crippen MR) is 67.3 cm³/mol. The van der Waals surface area contributed by atoms with Crippen LogP contribution in [0.25, 0.3) is 0 Å². The van der Waals surface area contributed by atoms with Crippen molar-refractivity contribution in [1.82, 2.24) is 15.1 Å². The summed E-state index contributed by atoms with van der Waals surface area (Å²) in [6, 6.07) is 1.67. The van der Waals surface area contributed by atoms with Crippen LogP contribution in [-0.2, 0) is 7.05 Å². The Morgan fingerprint density at radius 2 is 2.22 bits per heavy atom. The van der Waals surface area contributed by atoms with Crippen LogP contribution in [0.15, 0.2) is 22.9 Å². The zero-order valence-corrected chi connectivity index (χ0v) is 11.0. The van der Waals surface area contributed by atoms with Gasteiger partial charge in [-0.3, -0.25) is 9.48 Å². The van der Waals surface area contributed by atoms with Crippen LogP contribution in [0.3, 0.4) is 0 Å². The molecule has 2 aromatic rings. The van der Waals surface area contributed by atoms with Gasteiger partial charge in [0.25, 0.3) is 5.91 Å². The first-order chi connectivity index (χ1) is 8.47. The second-order valence-corrected chi connectivity index (χ2v) is 4.47. The number of nitrogens with zero attached hydrogens (tertiary/aromatic N) is 2. The van der Waals surface area contributed by atoms with Crippen molar-refractivity contribution in [3.8, 4) is 0 Å². The average molecular weight is 247 g/mol. The molecule has 1 N–H and O–H groups in total. The highest BCUT2D eigenvalue weighted by Crippen LogP contribution is 2.16. The molecule has 0 aliphatic heterocycles. The Labute approximate surface area is 106 Å². The minimum atomic E-state index is -0.124. The highest BCUT2D eigenvalue weighted by Gasteiger charge is 2.16. The third-order valence-electron chi connectivity index (χ3n) is 2.86. The Kier molecular flexibility index (Phi) is 3.23. The number of aromatic nitrogens is 2. The molecule has 0 aliphatic rings. The fourth-order valence-corrected chi connectivity index (χ4v) is 1.88. The van der Waals surface area contributed by atoms with Gasteiger partial charge in [0, 0.05) is 18.8 Å². The molecular formula is C13H17N3O2. The lowest BCUT2D eigenvalue weighted by Gasteiger charge is -2.11. The smallest absolute Gasteiger partial charge is 0.255 e. The molecule has 1 unspecified atom stereocenters. The number of hydrogen-bond donors (Lipinski definition) is 1. The molecule has 0 aromatic carbocycles. The summed E-state index contributed by atoms with van der Waals surface area (Å²) in [4.78, 5) is 12.1. The van der Waals surface area contributed by atoms with Crippen LogP contribution in [0.5, 0.6) is 0 Å². The van der Waals surface area contributed by atoms with Gasteiger partial charge in [-0.15, -0.1) is 0 Å². The maximum absolute atomic E-state index is 12.1. The molecule has 0 saturated heterocycles. The van der Waals surface area contributed by atoms with Crippen molar-refractivity contribution < 1.29 is 9.21 Å². The van der Waals surface area contributed by atoms with Crippen molar-refractivity contribution in [3.63, 3.8) is 0 Å². The standard InChI is InChI=1S/C13H17N3O2/c1-8-5-12(10(3)18-8)13(17)15-9(2)11-6-14-16(4)7-11/h5-7,9H,1-4H3,(H,15,17). The monoisotopic (exact) mass is 247 g/mol. The molecule has 2 rings (SSSR count). The van der Waals surface area contributed by atoms with E-state index >= 15 is 0 Å². The lowest BCUT2D eigenvalue weighted by atomic mass is 10.1. The van der Waals surface area contributed by atoms with Gasteiger partial charge in [0.05, 0.1) is 17.8 Å². The van der Waals surface area contributed by atoms with E-state index < -0.39 is 0 Å². The Hall–Kier alpha value is -2.04. The summed E-state index contributed by atoms with van der Waals surface area (Å²) in [5, 5.41) is 7.01. The van der Waals surface area contributed by atoms with E-state index in [4.69, 9.17) is 4.42 Å². The van der Waals surface area contributed by atoms with E-state index in [2.05, 4.69) is 10.4 Å². The van der Waals surface area contributed by atoms with E-state index in [0.717, 1.165) is 11.3 Å². The molecule has 0 bridgehead atoms. The highest BCUT2D eigenvalue weighted by molar-refractivity contribution is 5.95. The first-order valence-electron chi connectivity index (χ1n) is 5.84. The number of carbonyl (C=O) groups excluding carboxylic acids is 1. The van der Waals surface area contributed by atoms with Crippen LogP contribution in [0.1, 0.15) is 40.4 Å². The second kappa shape index (κ2) is 4.68. The van der Waals surface area contributed by atoms with Crippen molar-refractivity contribution in [2.24, 2.45) is 7.05 Å². The summed E-state index contributed by atoms with van der Waals surface area (Å²) >= 11 is 0. The van der Waals surface area contributed by atoms with E-state index in [1.165, 1.54) is 0 Å². The number of rotatable bonds is 3. The zero-order chi connectivity index (χ0) is 13.3. The Bertz CT molecular complexity index is 569. The van der Waals surface area contributed by atoms with E-state index in [1.54, 1.807) is 23.9 Å². The number of carbonyl (C=O) groups is 1. The van der Waals surface area contributed by atoms with Gasteiger partial charge in [0.1, 0.15) is 11.5 Å². The molecule has 0 spiro atoms. The number of aryl methyl sites for hydroxylation is 3. The van der Waals surface area contributed by atoms with Gasteiger partial charge in [-0.25, -0.2) is 0 Å². The van der Waals surface area contributed by atoms with E-state index in [-0.39, 0.29) is 11.9 Å². The first kappa shape index (κ1) is 12.4. The van der Waals surface area contributed by atoms with Crippen molar-refractivity contribution in [1.29, 1.82) is 0 Å². The highest BCUT2D eigenvalue weighted by atomic mass is 16.3. The normalized spacial score (nSPS) is 12.4. The fourth-order valence-electron chi connectivity index (χ4n) is 1.88. The third kappa shape index (κ3) is 2.45. The van der Waals surface area contributed by atoms with Crippen molar-refractivity contribution in [2.75, 3.05) is 0 Å². The van der Waals surface area contributed by atoms with Gasteiger partial charge in [-0.2, -0.15) is 5.10 Å². The van der Waals surface area contributed by atoms with Gasteiger partial charge in [0.2, 0.25) is 0 Å². The summed E-state index contributed by atoms with van der Waals surface area (Å²) in [5.41, 5.74) is 1.56. The summed E-state index contributed by atoms with van der Waals surface area (Å²) in [5.74, 6) is 1.26. The van der Waals surface area contributed by atoms with Crippen molar-refractivity contribution >= 4 is 5.91 Å². The molecule has 0 fully saturated rings. The minimum Gasteiger partial charge on any atom is -0.466 e. The maximum atomic E-state index is 12.1. The quantitative estimate of drug-likeness (QED) is 0.903. The van der Waals surface area contributed by atoms with Gasteiger partial charge in [0.15, 0.2) is 0 Å². The van der Waals surface area contributed by atoms with E-state index in [0.29, 0.717) is 11.3 Å². The summed E-state index contributed by atoms with van der Waals surface area (Å²) in [6.45, 7) is 5.54. The van der Waals surface area contributed by atoms with Crippen LogP contribution >= 0.6 is 0 Å². The number of amides is 1. The Morgan fingerprint density at radius 3 is 2.72 bits per heavy atom. The van der Waals surface area contributed by atoms with Gasteiger partial charge in [-0.05, 0) is 26.8 Å². The van der Waals surface area contributed by atoms with Gasteiger partial charge >= 0.3 is 0 Å². The van der Waals surface area contributed by atoms with Crippen LogP contribution in [0.4, 0.5) is 0 Å². The van der Waals surface area contributed by atoms with E-state index in [1.807, 2.05) is 27.1 Å². The molecule has 0 radical (unpaired) electrons. The lowest BCUT2D eigenvalue weighted by molar-refractivity contribution is 0.0938. The number of nitrogens with one attached hydrogen (secondary N) is 1. The minimum absolute atomic E-state index is 0.0826. The van der Waals surface area contributed by atoms with Crippen LogP contribution < -0.4 is 5.32 Å². The molecule has 0 saturated carbocycles. The SMILES string of the molecule is Cc1cc(C(=O)NC(C)c2cnn(C)c2)c(C)o1. The van der Waals surface area contributed by atoms with Gasteiger partial charge < -0.3 is 9.73 Å². The summed E-state index contributed by atoms with van der Waals surface area (Å²) in [6.07, 6.45) is 3.64. The van der Waals surface area contributed by atoms with Gasteiger partial charge in [-0.1, -0.05) is 0 Å². The topological polar surface area (TPSA) is 60.1 Å². The molecule has 2 heterocycles. The van der Waals surface area contributed by atoms with Crippen LogP contribution in [0.2, 0.25) is 0 Å². The van der Waals surface area contributed by atoms with Crippen molar-refractivity contribution in [2.45, 2.75) is 26.8 Å². The van der Waals surface area contributed by atoms with Crippen molar-refractivity contribution in [3.05, 3.63) is 41.1 Å². The van der Waals surface area contributed by atoms with Crippen LogP contribution in [0, 0.1) is 13.8 Å². The maximum Gasteiger partial charge on any atom is 0.255 e. The largest absolute Gasteiger partial charge is 0.466 e. The molecule has 1 atom stereocenters. The summed E-state index contributed by atoms with van der Waals surface area (Å²) in [7, 11) is 1.85. The lowest BCUT2D eigenvalue weighted by Crippen LogP contribution is -2.26. The molecule has 2 aromatic heterocycles. The Balaban J connectivity index is 2.10. The zero-order valence-electron chi connectivity index (χ0n) is 11.0.